The normalized spacial score (nSPS) is 15.7. The van der Waals surface area contributed by atoms with Gasteiger partial charge in [0.25, 0.3) is 0 Å². The molecule has 1 aliphatic rings. The van der Waals surface area contributed by atoms with Crippen molar-refractivity contribution in [1.82, 2.24) is 4.90 Å². The molecule has 6 heteroatoms. The summed E-state index contributed by atoms with van der Waals surface area (Å²) in [5, 5.41) is 3.20. The summed E-state index contributed by atoms with van der Waals surface area (Å²) in [7, 11) is 1.69. The summed E-state index contributed by atoms with van der Waals surface area (Å²) in [5.41, 5.74) is 9.68. The van der Waals surface area contributed by atoms with Crippen molar-refractivity contribution >= 4 is 35.6 Å². The summed E-state index contributed by atoms with van der Waals surface area (Å²) < 4.78 is 5.28. The molecule has 0 aromatic heterocycles. The first-order valence-corrected chi connectivity index (χ1v) is 9.73. The van der Waals surface area contributed by atoms with Crippen LogP contribution in [-0.2, 0) is 6.42 Å². The van der Waals surface area contributed by atoms with Crippen molar-refractivity contribution in [3.8, 4) is 5.75 Å². The number of nitrogens with zero attached hydrogens (tertiary/aromatic N) is 2. The number of anilines is 1. The first-order chi connectivity index (χ1) is 13.2. The Kier molecular flexibility index (Phi) is 9.05. The number of benzene rings is 2. The van der Waals surface area contributed by atoms with Crippen molar-refractivity contribution in [2.24, 2.45) is 10.7 Å². The molecule has 2 aromatic carbocycles. The molecule has 1 unspecified atom stereocenters. The number of guanidine groups is 1. The fraction of sp³-hybridized carbons (Fsp3) is 0.409. The zero-order chi connectivity index (χ0) is 19.1. The van der Waals surface area contributed by atoms with Crippen LogP contribution >= 0.6 is 24.0 Å². The molecule has 1 aliphatic heterocycles. The van der Waals surface area contributed by atoms with E-state index in [9.17, 15) is 0 Å². The molecule has 2 aromatic rings. The molecule has 28 heavy (non-hydrogen) atoms. The number of aryl methyl sites for hydroxylation is 1. The molecule has 5 nitrogen and oxygen atoms in total. The zero-order valence-corrected chi connectivity index (χ0v) is 19.1. The van der Waals surface area contributed by atoms with Gasteiger partial charge in [-0.2, -0.15) is 0 Å². The second-order valence-electron chi connectivity index (χ2n) is 6.93. The fourth-order valence-electron chi connectivity index (χ4n) is 3.51. The number of hydrogen-bond acceptors (Lipinski definition) is 3. The van der Waals surface area contributed by atoms with Crippen molar-refractivity contribution in [2.75, 3.05) is 32.1 Å². The molecule has 0 saturated carbocycles. The van der Waals surface area contributed by atoms with Gasteiger partial charge in [-0.15, -0.1) is 24.0 Å². The smallest absolute Gasteiger partial charge is 0.193 e. The number of halogens is 1. The highest BCUT2D eigenvalue weighted by Crippen LogP contribution is 2.27. The summed E-state index contributed by atoms with van der Waals surface area (Å²) in [4.78, 5) is 7.13. The van der Waals surface area contributed by atoms with Gasteiger partial charge in [-0.05, 0) is 67.7 Å². The van der Waals surface area contributed by atoms with E-state index in [4.69, 9.17) is 10.5 Å². The van der Waals surface area contributed by atoms with Crippen molar-refractivity contribution in [3.05, 3.63) is 59.7 Å². The number of likely N-dealkylation sites (tertiary alicyclic amines) is 1. The Morgan fingerprint density at radius 2 is 1.75 bits per heavy atom. The van der Waals surface area contributed by atoms with E-state index < -0.39 is 0 Å². The van der Waals surface area contributed by atoms with Crippen LogP contribution in [0.15, 0.2) is 53.5 Å². The SMILES string of the molecule is CCc1ccc(NC(N)=NCC(c2ccc(OC)cc2)N2CCCC2)cc1.I. The van der Waals surface area contributed by atoms with Crippen LogP contribution in [-0.4, -0.2) is 37.6 Å². The van der Waals surface area contributed by atoms with E-state index >= 15 is 0 Å². The molecule has 0 bridgehead atoms. The Morgan fingerprint density at radius 1 is 1.11 bits per heavy atom. The summed E-state index contributed by atoms with van der Waals surface area (Å²) >= 11 is 0. The van der Waals surface area contributed by atoms with Crippen LogP contribution in [0.4, 0.5) is 5.69 Å². The minimum Gasteiger partial charge on any atom is -0.497 e. The molecule has 152 valence electrons. The third-order valence-corrected chi connectivity index (χ3v) is 5.15. The maximum Gasteiger partial charge on any atom is 0.193 e. The van der Waals surface area contributed by atoms with Crippen LogP contribution in [0.25, 0.3) is 0 Å². The fourth-order valence-corrected chi connectivity index (χ4v) is 3.51. The number of aliphatic imine (C=N–C) groups is 1. The minimum absolute atomic E-state index is 0. The van der Waals surface area contributed by atoms with Crippen LogP contribution < -0.4 is 15.8 Å². The quantitative estimate of drug-likeness (QED) is 0.340. The Bertz CT molecular complexity index is 740. The number of rotatable bonds is 7. The lowest BCUT2D eigenvalue weighted by Crippen LogP contribution is -2.30. The number of nitrogens with one attached hydrogen (secondary N) is 1. The molecule has 0 amide bonds. The van der Waals surface area contributed by atoms with Gasteiger partial charge in [0, 0.05) is 5.69 Å². The predicted octanol–water partition coefficient (Wildman–Crippen LogP) is 4.44. The van der Waals surface area contributed by atoms with Gasteiger partial charge < -0.3 is 15.8 Å². The highest BCUT2D eigenvalue weighted by molar-refractivity contribution is 14.0. The topological polar surface area (TPSA) is 62.9 Å². The molecule has 3 rings (SSSR count). The van der Waals surface area contributed by atoms with Gasteiger partial charge in [0.15, 0.2) is 5.96 Å². The van der Waals surface area contributed by atoms with E-state index in [1.807, 2.05) is 24.3 Å². The van der Waals surface area contributed by atoms with Gasteiger partial charge in [0.2, 0.25) is 0 Å². The van der Waals surface area contributed by atoms with Gasteiger partial charge in [-0.25, -0.2) is 0 Å². The van der Waals surface area contributed by atoms with Crippen LogP contribution in [0, 0.1) is 0 Å². The van der Waals surface area contributed by atoms with E-state index in [1.165, 1.54) is 24.0 Å². The van der Waals surface area contributed by atoms with Crippen molar-refractivity contribution in [1.29, 1.82) is 0 Å². The molecule has 0 spiro atoms. The molecule has 1 fully saturated rings. The Labute approximate surface area is 185 Å². The van der Waals surface area contributed by atoms with E-state index in [-0.39, 0.29) is 30.0 Å². The maximum atomic E-state index is 6.15. The van der Waals surface area contributed by atoms with Gasteiger partial charge in [-0.3, -0.25) is 9.89 Å². The average molecular weight is 494 g/mol. The molecule has 0 aliphatic carbocycles. The highest BCUT2D eigenvalue weighted by atomic mass is 127. The summed E-state index contributed by atoms with van der Waals surface area (Å²) in [6, 6.07) is 16.8. The lowest BCUT2D eigenvalue weighted by Gasteiger charge is -2.27. The monoisotopic (exact) mass is 494 g/mol. The largest absolute Gasteiger partial charge is 0.497 e. The first kappa shape index (κ1) is 22.5. The van der Waals surface area contributed by atoms with Gasteiger partial charge >= 0.3 is 0 Å². The third kappa shape index (κ3) is 6.10. The summed E-state index contributed by atoms with van der Waals surface area (Å²) in [6.07, 6.45) is 3.52. The van der Waals surface area contributed by atoms with Crippen molar-refractivity contribution in [3.63, 3.8) is 0 Å². The number of ether oxygens (including phenoxy) is 1. The Balaban J connectivity index is 0.00000280. The van der Waals surface area contributed by atoms with Crippen LogP contribution in [0.3, 0.4) is 0 Å². The summed E-state index contributed by atoms with van der Waals surface area (Å²) in [5.74, 6) is 1.33. The summed E-state index contributed by atoms with van der Waals surface area (Å²) in [6.45, 7) is 5.00. The second-order valence-corrected chi connectivity index (χ2v) is 6.93. The first-order valence-electron chi connectivity index (χ1n) is 9.73. The van der Waals surface area contributed by atoms with Crippen LogP contribution in [0.1, 0.15) is 36.9 Å². The second kappa shape index (κ2) is 11.3. The molecule has 3 N–H and O–H groups in total. The van der Waals surface area contributed by atoms with E-state index in [1.54, 1.807) is 7.11 Å². The van der Waals surface area contributed by atoms with E-state index in [2.05, 4.69) is 46.4 Å². The maximum absolute atomic E-state index is 6.15. The van der Waals surface area contributed by atoms with Gasteiger partial charge in [-0.1, -0.05) is 31.2 Å². The number of hydrogen-bond donors (Lipinski definition) is 2. The standard InChI is InChI=1S/C22H30N4O.HI/c1-3-17-6-10-19(11-7-17)25-22(23)24-16-21(26-14-4-5-15-26)18-8-12-20(27-2)13-9-18;/h6-13,21H,3-5,14-16H2,1-2H3,(H3,23,24,25);1H. The van der Waals surface area contributed by atoms with E-state index in [0.29, 0.717) is 12.5 Å². The number of nitrogens with two attached hydrogens (primary N) is 1. The van der Waals surface area contributed by atoms with Crippen LogP contribution in [0.5, 0.6) is 5.75 Å². The highest BCUT2D eigenvalue weighted by Gasteiger charge is 2.23. The number of methoxy groups -OCH3 is 1. The van der Waals surface area contributed by atoms with E-state index in [0.717, 1.165) is 30.9 Å². The van der Waals surface area contributed by atoms with Crippen LogP contribution in [0.2, 0.25) is 0 Å². The lowest BCUT2D eigenvalue weighted by molar-refractivity contribution is 0.251. The van der Waals surface area contributed by atoms with Crippen molar-refractivity contribution in [2.45, 2.75) is 32.2 Å². The molecule has 1 saturated heterocycles. The molecular formula is C22H31IN4O. The predicted molar refractivity (Wildman–Crippen MR) is 128 cm³/mol. The average Bonchev–Trinajstić information content (AvgIpc) is 3.24. The van der Waals surface area contributed by atoms with Gasteiger partial charge in [0.1, 0.15) is 5.75 Å². The molecular weight excluding hydrogens is 463 g/mol. The third-order valence-electron chi connectivity index (χ3n) is 5.15. The minimum atomic E-state index is 0. The zero-order valence-electron chi connectivity index (χ0n) is 16.7. The molecule has 1 atom stereocenters. The lowest BCUT2D eigenvalue weighted by atomic mass is 10.1. The molecule has 0 radical (unpaired) electrons. The molecule has 1 heterocycles. The Hall–Kier alpha value is -1.80. The Morgan fingerprint density at radius 3 is 2.32 bits per heavy atom. The van der Waals surface area contributed by atoms with Gasteiger partial charge in [0.05, 0.1) is 19.7 Å². The van der Waals surface area contributed by atoms with Crippen molar-refractivity contribution < 1.29 is 4.74 Å².